The van der Waals surface area contributed by atoms with E-state index in [1.165, 1.54) is 44.9 Å². The van der Waals surface area contributed by atoms with Gasteiger partial charge < -0.3 is 0 Å². The van der Waals surface area contributed by atoms with Crippen LogP contribution in [0.15, 0.2) is 0 Å². The molecule has 0 radical (unpaired) electrons. The molecular weight excluding hydrogens is 180 g/mol. The van der Waals surface area contributed by atoms with Crippen molar-refractivity contribution in [1.29, 1.82) is 0 Å². The predicted molar refractivity (Wildman–Crippen MR) is 77.7 cm³/mol. The Morgan fingerprint density at radius 3 is 0.400 bits per heavy atom. The number of rotatable bonds is 3. The summed E-state index contributed by atoms with van der Waals surface area (Å²) in [4.78, 5) is 0. The molecule has 0 atom stereocenters. The first-order valence-corrected chi connectivity index (χ1v) is 7.16. The van der Waals surface area contributed by atoms with Gasteiger partial charge in [-0.3, -0.25) is 0 Å². The Bertz CT molecular complexity index is 23.8. The third-order valence-electron chi connectivity index (χ3n) is 1.50. The van der Waals surface area contributed by atoms with Crippen molar-refractivity contribution in [1.82, 2.24) is 0 Å². The maximum atomic E-state index is 2.18. The van der Waals surface area contributed by atoms with Crippen LogP contribution in [0, 0.1) is 0 Å². The second kappa shape index (κ2) is 48.3. The Kier molecular flexibility index (Phi) is 78.2. The van der Waals surface area contributed by atoms with Gasteiger partial charge in [0.1, 0.15) is 0 Å². The van der Waals surface area contributed by atoms with Gasteiger partial charge in [-0.05, 0) is 0 Å². The summed E-state index contributed by atoms with van der Waals surface area (Å²) in [5, 5.41) is 0. The molecular formula is C15H38. The minimum Gasteiger partial charge on any atom is -0.0656 e. The van der Waals surface area contributed by atoms with Gasteiger partial charge in [0.05, 0.1) is 0 Å². The van der Waals surface area contributed by atoms with Crippen molar-refractivity contribution in [2.45, 2.75) is 100 Å². The Labute approximate surface area is 101 Å². The number of hydrogen-bond acceptors (Lipinski definition) is 0. The summed E-state index contributed by atoms with van der Waals surface area (Å²) < 4.78 is 0. The molecule has 0 N–H and O–H groups in total. The summed E-state index contributed by atoms with van der Waals surface area (Å²) in [5.41, 5.74) is 0. The van der Waals surface area contributed by atoms with Crippen molar-refractivity contribution in [3.8, 4) is 0 Å². The molecule has 0 rings (SSSR count). The molecule has 15 heavy (non-hydrogen) atoms. The molecule has 0 saturated carbocycles. The molecule has 0 amide bonds. The van der Waals surface area contributed by atoms with Gasteiger partial charge in [-0.2, -0.15) is 0 Å². The average Bonchev–Trinajstić information content (AvgIpc) is 2.30. The van der Waals surface area contributed by atoms with Gasteiger partial charge in [0.2, 0.25) is 0 Å². The van der Waals surface area contributed by atoms with E-state index in [4.69, 9.17) is 0 Å². The molecule has 0 aliphatic carbocycles. The van der Waals surface area contributed by atoms with Gasteiger partial charge in [-0.1, -0.05) is 100 Å². The summed E-state index contributed by atoms with van der Waals surface area (Å²) >= 11 is 0. The van der Waals surface area contributed by atoms with Crippen LogP contribution in [0.1, 0.15) is 100 Å². The van der Waals surface area contributed by atoms with Crippen molar-refractivity contribution in [3.63, 3.8) is 0 Å². The summed E-state index contributed by atoms with van der Waals surface area (Å²) in [5.74, 6) is 0. The van der Waals surface area contributed by atoms with Gasteiger partial charge in [-0.25, -0.2) is 0 Å². The van der Waals surface area contributed by atoms with Crippen LogP contribution < -0.4 is 0 Å². The summed E-state index contributed by atoms with van der Waals surface area (Å²) in [6.07, 6.45) is 9.17. The summed E-state index contributed by atoms with van der Waals surface area (Å²) in [6, 6.07) is 0. The van der Waals surface area contributed by atoms with Crippen molar-refractivity contribution in [2.75, 3.05) is 0 Å². The standard InChI is InChI=1S/3C4H10.C3H8/c3*1-3-4-2;1-3-2/h3*3-4H2,1-2H3;3H2,1-2H3. The fourth-order valence-corrected chi connectivity index (χ4v) is 0. The molecule has 0 aromatic rings. The van der Waals surface area contributed by atoms with Crippen LogP contribution in [0.25, 0.3) is 0 Å². The highest BCUT2D eigenvalue weighted by Crippen LogP contribution is 1.77. The van der Waals surface area contributed by atoms with Gasteiger partial charge >= 0.3 is 0 Å². The van der Waals surface area contributed by atoms with Gasteiger partial charge in [-0.15, -0.1) is 0 Å². The lowest BCUT2D eigenvalue weighted by molar-refractivity contribution is 0.886. The van der Waals surface area contributed by atoms with E-state index in [1.807, 2.05) is 0 Å². The van der Waals surface area contributed by atoms with Crippen molar-refractivity contribution in [3.05, 3.63) is 0 Å². The highest BCUT2D eigenvalue weighted by Gasteiger charge is 1.57. The molecule has 0 bridgehead atoms. The fraction of sp³-hybridized carbons (Fsp3) is 1.00. The molecule has 0 aromatic carbocycles. The van der Waals surface area contributed by atoms with E-state index in [0.29, 0.717) is 0 Å². The van der Waals surface area contributed by atoms with Crippen LogP contribution in [-0.2, 0) is 0 Å². The third kappa shape index (κ3) is 224. The zero-order chi connectivity index (χ0) is 12.9. The molecule has 0 spiro atoms. The Balaban J connectivity index is -0.0000000542. The third-order valence-corrected chi connectivity index (χ3v) is 1.50. The van der Waals surface area contributed by atoms with Crippen LogP contribution in [0.5, 0.6) is 0 Å². The van der Waals surface area contributed by atoms with E-state index in [-0.39, 0.29) is 0 Å². The second-order valence-electron chi connectivity index (χ2n) is 3.71. The van der Waals surface area contributed by atoms with Gasteiger partial charge in [0, 0.05) is 0 Å². The Morgan fingerprint density at radius 2 is 0.400 bits per heavy atom. The molecule has 0 heterocycles. The van der Waals surface area contributed by atoms with Crippen molar-refractivity contribution in [2.24, 2.45) is 0 Å². The van der Waals surface area contributed by atoms with Crippen molar-refractivity contribution >= 4 is 0 Å². The topological polar surface area (TPSA) is 0 Å². The lowest BCUT2D eigenvalue weighted by atomic mass is 10.4. The first-order chi connectivity index (χ1) is 7.16. The number of hydrogen-bond donors (Lipinski definition) is 0. The molecule has 0 unspecified atom stereocenters. The zero-order valence-electron chi connectivity index (χ0n) is 12.9. The van der Waals surface area contributed by atoms with E-state index in [9.17, 15) is 0 Å². The van der Waals surface area contributed by atoms with Crippen LogP contribution in [0.4, 0.5) is 0 Å². The van der Waals surface area contributed by atoms with Crippen LogP contribution in [0.3, 0.4) is 0 Å². The second-order valence-corrected chi connectivity index (χ2v) is 3.71. The molecule has 98 valence electrons. The molecule has 0 aliphatic heterocycles. The maximum Gasteiger partial charge on any atom is -0.0564 e. The van der Waals surface area contributed by atoms with E-state index in [2.05, 4.69) is 55.4 Å². The summed E-state index contributed by atoms with van der Waals surface area (Å²) in [7, 11) is 0. The van der Waals surface area contributed by atoms with Gasteiger partial charge in [0.15, 0.2) is 0 Å². The molecule has 0 nitrogen and oxygen atoms in total. The van der Waals surface area contributed by atoms with Crippen LogP contribution in [0.2, 0.25) is 0 Å². The average molecular weight is 218 g/mol. The van der Waals surface area contributed by atoms with Crippen LogP contribution in [-0.4, -0.2) is 0 Å². The lowest BCUT2D eigenvalue weighted by Gasteiger charge is -1.68. The SMILES string of the molecule is CCC.CCCC.CCCC.CCCC. The van der Waals surface area contributed by atoms with E-state index < -0.39 is 0 Å². The highest BCUT2D eigenvalue weighted by atomic mass is 13.6. The minimum atomic E-state index is 1.25. The van der Waals surface area contributed by atoms with E-state index in [1.54, 1.807) is 0 Å². The maximum absolute atomic E-state index is 2.18. The monoisotopic (exact) mass is 218 g/mol. The fourth-order valence-electron chi connectivity index (χ4n) is 0. The van der Waals surface area contributed by atoms with Gasteiger partial charge in [0.25, 0.3) is 0 Å². The van der Waals surface area contributed by atoms with Crippen molar-refractivity contribution < 1.29 is 0 Å². The highest BCUT2D eigenvalue weighted by molar-refractivity contribution is 4.13. The Morgan fingerprint density at radius 1 is 0.333 bits per heavy atom. The molecule has 0 saturated heterocycles. The van der Waals surface area contributed by atoms with E-state index in [0.717, 1.165) is 0 Å². The molecule has 0 aromatic heterocycles. The minimum absolute atomic E-state index is 1.25. The molecule has 0 heteroatoms. The summed E-state index contributed by atoms with van der Waals surface area (Å²) in [6.45, 7) is 17.3. The molecule has 0 aliphatic rings. The normalized spacial score (nSPS) is 7.20. The first kappa shape index (κ1) is 24.3. The smallest absolute Gasteiger partial charge is 0.0564 e. The predicted octanol–water partition coefficient (Wildman–Crippen LogP) is 6.84. The molecule has 0 fully saturated rings. The Hall–Kier alpha value is 0. The lowest BCUT2D eigenvalue weighted by Crippen LogP contribution is -1.47. The zero-order valence-corrected chi connectivity index (χ0v) is 12.9. The van der Waals surface area contributed by atoms with Crippen LogP contribution >= 0.6 is 0 Å². The quantitative estimate of drug-likeness (QED) is 0.486. The number of unbranched alkanes of at least 4 members (excludes halogenated alkanes) is 3. The van der Waals surface area contributed by atoms with E-state index >= 15 is 0 Å². The first-order valence-electron chi connectivity index (χ1n) is 7.16. The largest absolute Gasteiger partial charge is 0.0656 e.